The zero-order chi connectivity index (χ0) is 12.3. The molecule has 1 atom stereocenters. The minimum atomic E-state index is 0.226. The highest BCUT2D eigenvalue weighted by Crippen LogP contribution is 2.40. The van der Waals surface area contributed by atoms with E-state index < -0.39 is 0 Å². The van der Waals surface area contributed by atoms with Gasteiger partial charge in [-0.3, -0.25) is 0 Å². The third kappa shape index (κ3) is 3.01. The molecule has 1 aromatic carbocycles. The molecule has 2 N–H and O–H groups in total. The molecular weight excluding hydrogens is 234 g/mol. The summed E-state index contributed by atoms with van der Waals surface area (Å²) in [7, 11) is 0. The van der Waals surface area contributed by atoms with E-state index in [0.29, 0.717) is 12.0 Å². The number of rotatable bonds is 5. The first-order valence-electron chi connectivity index (χ1n) is 6.36. The number of aliphatic hydroxyl groups excluding tert-OH is 1. The van der Waals surface area contributed by atoms with Crippen molar-refractivity contribution in [3.63, 3.8) is 0 Å². The van der Waals surface area contributed by atoms with Crippen molar-refractivity contribution < 1.29 is 5.11 Å². The van der Waals surface area contributed by atoms with Crippen LogP contribution in [-0.2, 0) is 0 Å². The largest absolute Gasteiger partial charge is 0.395 e. The Kier molecular flexibility index (Phi) is 4.43. The summed E-state index contributed by atoms with van der Waals surface area (Å²) in [5.41, 5.74) is 1.27. The maximum atomic E-state index is 9.14. The zero-order valence-electron chi connectivity index (χ0n) is 10.2. The van der Waals surface area contributed by atoms with Crippen LogP contribution < -0.4 is 5.32 Å². The third-order valence-corrected chi connectivity index (χ3v) is 4.01. The van der Waals surface area contributed by atoms with Crippen LogP contribution in [0.25, 0.3) is 0 Å². The summed E-state index contributed by atoms with van der Waals surface area (Å²) in [5.74, 6) is 0.581. The van der Waals surface area contributed by atoms with E-state index in [9.17, 15) is 0 Å². The Morgan fingerprint density at radius 1 is 1.41 bits per heavy atom. The van der Waals surface area contributed by atoms with Gasteiger partial charge in [-0.2, -0.15) is 0 Å². The maximum Gasteiger partial charge on any atom is 0.0584 e. The summed E-state index contributed by atoms with van der Waals surface area (Å²) >= 11 is 6.18. The van der Waals surface area contributed by atoms with Gasteiger partial charge in [0.15, 0.2) is 0 Å². The molecule has 1 aromatic rings. The molecule has 1 saturated carbocycles. The number of benzene rings is 1. The molecule has 0 bridgehead atoms. The van der Waals surface area contributed by atoms with Gasteiger partial charge in [-0.1, -0.05) is 36.7 Å². The number of nitrogens with one attached hydrogen (secondary N) is 1. The molecule has 0 radical (unpaired) electrons. The fourth-order valence-electron chi connectivity index (χ4n) is 2.45. The van der Waals surface area contributed by atoms with Gasteiger partial charge < -0.3 is 10.4 Å². The lowest BCUT2D eigenvalue weighted by molar-refractivity contribution is 0.193. The molecule has 1 aliphatic carbocycles. The summed E-state index contributed by atoms with van der Waals surface area (Å²) in [4.78, 5) is 0. The number of hydrogen-bond donors (Lipinski definition) is 2. The van der Waals surface area contributed by atoms with Crippen molar-refractivity contribution in [3.05, 3.63) is 34.9 Å². The molecule has 0 heterocycles. The molecule has 0 aliphatic heterocycles. The quantitative estimate of drug-likeness (QED) is 0.846. The molecule has 17 heavy (non-hydrogen) atoms. The Bertz CT molecular complexity index is 359. The fraction of sp³-hybridized carbons (Fsp3) is 0.571. The first-order chi connectivity index (χ1) is 8.24. The minimum absolute atomic E-state index is 0.226. The lowest BCUT2D eigenvalue weighted by atomic mass is 9.75. The van der Waals surface area contributed by atoms with E-state index >= 15 is 0 Å². The molecule has 3 heteroatoms. The molecule has 1 fully saturated rings. The van der Waals surface area contributed by atoms with E-state index in [2.05, 4.69) is 18.3 Å². The molecule has 1 unspecified atom stereocenters. The third-order valence-electron chi connectivity index (χ3n) is 3.67. The van der Waals surface area contributed by atoms with Crippen LogP contribution in [0.2, 0.25) is 5.02 Å². The van der Waals surface area contributed by atoms with Crippen LogP contribution in [0.3, 0.4) is 0 Å². The van der Waals surface area contributed by atoms with Gasteiger partial charge in [0.05, 0.1) is 6.61 Å². The van der Waals surface area contributed by atoms with Crippen molar-refractivity contribution in [3.8, 4) is 0 Å². The van der Waals surface area contributed by atoms with Crippen molar-refractivity contribution in [1.29, 1.82) is 0 Å². The Balaban J connectivity index is 1.85. The standard InChI is InChI=1S/C14H20ClNO/c1-2-11(9-17)16-12-7-10(8-12)13-5-3-4-6-14(13)15/h3-6,10-12,16-17H,2,7-9H2,1H3. The molecule has 2 rings (SSSR count). The smallest absolute Gasteiger partial charge is 0.0584 e. The predicted molar refractivity (Wildman–Crippen MR) is 71.5 cm³/mol. The second-order valence-electron chi connectivity index (χ2n) is 4.84. The second kappa shape index (κ2) is 5.85. The van der Waals surface area contributed by atoms with Crippen LogP contribution >= 0.6 is 11.6 Å². The summed E-state index contributed by atoms with van der Waals surface area (Å²) < 4.78 is 0. The average molecular weight is 254 g/mol. The van der Waals surface area contributed by atoms with Gasteiger partial charge in [-0.15, -0.1) is 0 Å². The van der Waals surface area contributed by atoms with Crippen LogP contribution in [0, 0.1) is 0 Å². The van der Waals surface area contributed by atoms with Crippen LogP contribution in [0.5, 0.6) is 0 Å². The van der Waals surface area contributed by atoms with Crippen LogP contribution in [0.4, 0.5) is 0 Å². The number of halogens is 1. The highest BCUT2D eigenvalue weighted by Gasteiger charge is 2.32. The highest BCUT2D eigenvalue weighted by molar-refractivity contribution is 6.31. The molecule has 0 amide bonds. The van der Waals surface area contributed by atoms with Gasteiger partial charge >= 0.3 is 0 Å². The lowest BCUT2D eigenvalue weighted by Gasteiger charge is -2.38. The minimum Gasteiger partial charge on any atom is -0.395 e. The summed E-state index contributed by atoms with van der Waals surface area (Å²) in [5, 5.41) is 13.5. The Labute approximate surface area is 108 Å². The zero-order valence-corrected chi connectivity index (χ0v) is 11.0. The van der Waals surface area contributed by atoms with Gasteiger partial charge in [0, 0.05) is 17.1 Å². The topological polar surface area (TPSA) is 32.3 Å². The molecule has 0 aromatic heterocycles. The van der Waals surface area contributed by atoms with E-state index in [1.165, 1.54) is 5.56 Å². The van der Waals surface area contributed by atoms with Crippen molar-refractivity contribution >= 4 is 11.6 Å². The first kappa shape index (κ1) is 12.9. The molecule has 2 nitrogen and oxygen atoms in total. The van der Waals surface area contributed by atoms with Crippen LogP contribution in [0.1, 0.15) is 37.7 Å². The number of hydrogen-bond acceptors (Lipinski definition) is 2. The SMILES string of the molecule is CCC(CO)NC1CC(c2ccccc2Cl)C1. The fourth-order valence-corrected chi connectivity index (χ4v) is 2.74. The molecule has 94 valence electrons. The van der Waals surface area contributed by atoms with E-state index in [1.54, 1.807) is 0 Å². The van der Waals surface area contributed by atoms with Crippen molar-refractivity contribution in [1.82, 2.24) is 5.32 Å². The Morgan fingerprint density at radius 2 is 2.12 bits per heavy atom. The summed E-state index contributed by atoms with van der Waals surface area (Å²) in [6.07, 6.45) is 3.23. The van der Waals surface area contributed by atoms with Gasteiger partial charge in [-0.05, 0) is 36.8 Å². The molecule has 1 aliphatic rings. The maximum absolute atomic E-state index is 9.14. The normalized spacial score (nSPS) is 25.4. The van der Waals surface area contributed by atoms with E-state index in [0.717, 1.165) is 24.3 Å². The average Bonchev–Trinajstić information content (AvgIpc) is 2.30. The van der Waals surface area contributed by atoms with Gasteiger partial charge in [0.1, 0.15) is 0 Å². The van der Waals surface area contributed by atoms with Crippen molar-refractivity contribution in [2.24, 2.45) is 0 Å². The molecule has 0 spiro atoms. The van der Waals surface area contributed by atoms with Crippen LogP contribution in [-0.4, -0.2) is 23.8 Å². The Morgan fingerprint density at radius 3 is 2.71 bits per heavy atom. The van der Waals surface area contributed by atoms with Gasteiger partial charge in [0.25, 0.3) is 0 Å². The lowest BCUT2D eigenvalue weighted by Crippen LogP contribution is -2.46. The van der Waals surface area contributed by atoms with Gasteiger partial charge in [-0.25, -0.2) is 0 Å². The first-order valence-corrected chi connectivity index (χ1v) is 6.73. The van der Waals surface area contributed by atoms with Crippen LogP contribution in [0.15, 0.2) is 24.3 Å². The monoisotopic (exact) mass is 253 g/mol. The predicted octanol–water partition coefficient (Wildman–Crippen LogP) is 2.95. The summed E-state index contributed by atoms with van der Waals surface area (Å²) in [6.45, 7) is 2.32. The van der Waals surface area contributed by atoms with Crippen molar-refractivity contribution in [2.45, 2.75) is 44.2 Å². The van der Waals surface area contributed by atoms with E-state index in [1.807, 2.05) is 18.2 Å². The Hall–Kier alpha value is -0.570. The molecular formula is C14H20ClNO. The van der Waals surface area contributed by atoms with E-state index in [-0.39, 0.29) is 12.6 Å². The number of aliphatic hydroxyl groups is 1. The van der Waals surface area contributed by atoms with Gasteiger partial charge in [0.2, 0.25) is 0 Å². The van der Waals surface area contributed by atoms with Crippen molar-refractivity contribution in [2.75, 3.05) is 6.61 Å². The second-order valence-corrected chi connectivity index (χ2v) is 5.25. The van der Waals surface area contributed by atoms with E-state index in [4.69, 9.17) is 16.7 Å². The molecule has 0 saturated heterocycles. The summed E-state index contributed by atoms with van der Waals surface area (Å²) in [6, 6.07) is 8.87. The highest BCUT2D eigenvalue weighted by atomic mass is 35.5.